The smallest absolute Gasteiger partial charge is 0.338 e. The molecule has 0 fully saturated rings. The molecule has 0 spiro atoms. The summed E-state index contributed by atoms with van der Waals surface area (Å²) in [6.07, 6.45) is 6.99. The van der Waals surface area contributed by atoms with Crippen LogP contribution in [0.1, 0.15) is 12.8 Å². The first kappa shape index (κ1) is 13.5. The van der Waals surface area contributed by atoms with Crippen LogP contribution in [0.3, 0.4) is 0 Å². The summed E-state index contributed by atoms with van der Waals surface area (Å²) in [7, 11) is 0. The largest absolute Gasteiger partial charge is 0.462 e. The highest BCUT2D eigenvalue weighted by atomic mass is 32.2. The molecule has 3 nitrogen and oxygen atoms in total. The number of aliphatic hydroxyl groups is 1. The predicted molar refractivity (Wildman–Crippen MR) is 75.8 cm³/mol. The lowest BCUT2D eigenvalue weighted by molar-refractivity contribution is -0.138. The van der Waals surface area contributed by atoms with Crippen molar-refractivity contribution in [3.05, 3.63) is 44.4 Å². The van der Waals surface area contributed by atoms with Gasteiger partial charge in [0.1, 0.15) is 0 Å². The van der Waals surface area contributed by atoms with Gasteiger partial charge in [0.05, 0.1) is 12.2 Å². The van der Waals surface area contributed by atoms with Crippen LogP contribution in [0, 0.1) is 0 Å². The Morgan fingerprint density at radius 2 is 2.22 bits per heavy atom. The standard InChI is InChI=1S/C13H14O3S2/c14-5-2-6-16-13(15)10-3-1-4-11-12(9-10)18-8-7-17-11/h1,3,7-9,14H,2,4-6H2. The molecule has 1 aliphatic heterocycles. The summed E-state index contributed by atoms with van der Waals surface area (Å²) in [6, 6.07) is 0. The maximum Gasteiger partial charge on any atom is 0.338 e. The number of aliphatic hydroxyl groups excluding tert-OH is 1. The Morgan fingerprint density at radius 3 is 3.06 bits per heavy atom. The zero-order valence-electron chi connectivity index (χ0n) is 9.80. The Hall–Kier alpha value is -0.910. The summed E-state index contributed by atoms with van der Waals surface area (Å²) in [5.74, 6) is -0.325. The van der Waals surface area contributed by atoms with Crippen LogP contribution >= 0.6 is 23.5 Å². The van der Waals surface area contributed by atoms with Gasteiger partial charge in [-0.3, -0.25) is 0 Å². The number of ether oxygens (including phenoxy) is 1. The van der Waals surface area contributed by atoms with Crippen molar-refractivity contribution in [1.29, 1.82) is 0 Å². The summed E-state index contributed by atoms with van der Waals surface area (Å²) < 4.78 is 5.08. The fraction of sp³-hybridized carbons (Fsp3) is 0.308. The maximum absolute atomic E-state index is 11.8. The molecule has 2 aliphatic rings. The third kappa shape index (κ3) is 3.54. The molecule has 0 amide bonds. The summed E-state index contributed by atoms with van der Waals surface area (Å²) >= 11 is 3.32. The molecule has 0 radical (unpaired) electrons. The fourth-order valence-corrected chi connectivity index (χ4v) is 3.34. The molecule has 18 heavy (non-hydrogen) atoms. The quantitative estimate of drug-likeness (QED) is 0.634. The first-order valence-electron chi connectivity index (χ1n) is 5.69. The number of thioether (sulfide) groups is 2. The van der Waals surface area contributed by atoms with Crippen molar-refractivity contribution in [1.82, 2.24) is 0 Å². The Balaban J connectivity index is 2.05. The van der Waals surface area contributed by atoms with Gasteiger partial charge in [-0.05, 0) is 23.3 Å². The number of hydrogen-bond acceptors (Lipinski definition) is 5. The van der Waals surface area contributed by atoms with E-state index in [-0.39, 0.29) is 19.2 Å². The van der Waals surface area contributed by atoms with Gasteiger partial charge in [-0.2, -0.15) is 0 Å². The molecule has 0 aromatic heterocycles. The van der Waals surface area contributed by atoms with Crippen LogP contribution in [-0.4, -0.2) is 24.3 Å². The summed E-state index contributed by atoms with van der Waals surface area (Å²) in [4.78, 5) is 14.2. The average Bonchev–Trinajstić information content (AvgIpc) is 2.61. The SMILES string of the molecule is O=C(OCCCO)C1=CC2=C(CC=C1)SC=CS2. The van der Waals surface area contributed by atoms with E-state index in [9.17, 15) is 4.79 Å². The Labute approximate surface area is 115 Å². The van der Waals surface area contributed by atoms with Gasteiger partial charge < -0.3 is 9.84 Å². The molecule has 0 aromatic carbocycles. The Bertz CT molecular complexity index is 447. The second-order valence-corrected chi connectivity index (χ2v) is 5.66. The van der Waals surface area contributed by atoms with Crippen LogP contribution in [0.15, 0.2) is 44.4 Å². The van der Waals surface area contributed by atoms with Crippen molar-refractivity contribution in [2.45, 2.75) is 12.8 Å². The lowest BCUT2D eigenvalue weighted by Crippen LogP contribution is -2.08. The maximum atomic E-state index is 11.8. The van der Waals surface area contributed by atoms with Crippen LogP contribution < -0.4 is 0 Å². The molecular weight excluding hydrogens is 268 g/mol. The van der Waals surface area contributed by atoms with E-state index in [2.05, 4.69) is 5.41 Å². The summed E-state index contributed by atoms with van der Waals surface area (Å²) in [6.45, 7) is 0.295. The number of hydrogen-bond donors (Lipinski definition) is 1. The zero-order chi connectivity index (χ0) is 12.8. The molecule has 0 atom stereocenters. The monoisotopic (exact) mass is 282 g/mol. The summed E-state index contributed by atoms with van der Waals surface area (Å²) in [5, 5.41) is 12.7. The highest BCUT2D eigenvalue weighted by Crippen LogP contribution is 2.39. The molecule has 0 saturated heterocycles. The van der Waals surface area contributed by atoms with E-state index >= 15 is 0 Å². The molecule has 1 aliphatic carbocycles. The lowest BCUT2D eigenvalue weighted by Gasteiger charge is -2.10. The van der Waals surface area contributed by atoms with Crippen LogP contribution in [0.4, 0.5) is 0 Å². The number of esters is 1. The van der Waals surface area contributed by atoms with Crippen molar-refractivity contribution in [3.63, 3.8) is 0 Å². The van der Waals surface area contributed by atoms with Gasteiger partial charge in [0.15, 0.2) is 0 Å². The minimum atomic E-state index is -0.325. The first-order chi connectivity index (χ1) is 8.81. The second kappa shape index (κ2) is 6.87. The number of carbonyl (C=O) groups excluding carboxylic acids is 1. The van der Waals surface area contributed by atoms with E-state index in [1.54, 1.807) is 29.6 Å². The van der Waals surface area contributed by atoms with Crippen molar-refractivity contribution in [2.75, 3.05) is 13.2 Å². The topological polar surface area (TPSA) is 46.5 Å². The minimum Gasteiger partial charge on any atom is -0.462 e. The van der Waals surface area contributed by atoms with Crippen LogP contribution in [0.25, 0.3) is 0 Å². The van der Waals surface area contributed by atoms with Crippen molar-refractivity contribution in [3.8, 4) is 0 Å². The van der Waals surface area contributed by atoms with Crippen molar-refractivity contribution < 1.29 is 14.6 Å². The van der Waals surface area contributed by atoms with Crippen LogP contribution in [0.2, 0.25) is 0 Å². The third-order valence-corrected chi connectivity index (χ3v) is 4.53. The fourth-order valence-electron chi connectivity index (χ4n) is 1.52. The lowest BCUT2D eigenvalue weighted by atomic mass is 10.2. The molecule has 0 bridgehead atoms. The average molecular weight is 282 g/mol. The predicted octanol–water partition coefficient (Wildman–Crippen LogP) is 2.96. The molecule has 96 valence electrons. The minimum absolute atomic E-state index is 0.0365. The van der Waals surface area contributed by atoms with E-state index < -0.39 is 0 Å². The van der Waals surface area contributed by atoms with Gasteiger partial charge in [0, 0.05) is 22.8 Å². The second-order valence-electron chi connectivity index (χ2n) is 3.71. The van der Waals surface area contributed by atoms with Crippen molar-refractivity contribution in [2.24, 2.45) is 0 Å². The molecule has 1 N–H and O–H groups in total. The molecular formula is C13H14O3S2. The number of allylic oxidation sites excluding steroid dienone is 3. The molecule has 0 aromatic rings. The molecule has 0 saturated carbocycles. The Morgan fingerprint density at radius 1 is 1.39 bits per heavy atom. The van der Waals surface area contributed by atoms with Gasteiger partial charge in [-0.1, -0.05) is 23.9 Å². The van der Waals surface area contributed by atoms with Crippen LogP contribution in [0.5, 0.6) is 0 Å². The number of rotatable bonds is 4. The number of carbonyl (C=O) groups is 1. The first-order valence-corrected chi connectivity index (χ1v) is 7.45. The highest BCUT2D eigenvalue weighted by Gasteiger charge is 2.15. The molecule has 1 heterocycles. The van der Waals surface area contributed by atoms with E-state index in [0.29, 0.717) is 12.0 Å². The third-order valence-electron chi connectivity index (χ3n) is 2.39. The van der Waals surface area contributed by atoms with E-state index in [1.165, 1.54) is 4.91 Å². The van der Waals surface area contributed by atoms with E-state index in [1.807, 2.05) is 17.6 Å². The molecule has 0 unspecified atom stereocenters. The van der Waals surface area contributed by atoms with Crippen LogP contribution in [-0.2, 0) is 9.53 Å². The zero-order valence-corrected chi connectivity index (χ0v) is 11.4. The molecule has 2 rings (SSSR count). The van der Waals surface area contributed by atoms with E-state index in [4.69, 9.17) is 9.84 Å². The van der Waals surface area contributed by atoms with E-state index in [0.717, 1.165) is 11.3 Å². The van der Waals surface area contributed by atoms with Gasteiger partial charge >= 0.3 is 5.97 Å². The normalized spacial score (nSPS) is 18.2. The van der Waals surface area contributed by atoms with Gasteiger partial charge in [-0.25, -0.2) is 4.79 Å². The highest BCUT2D eigenvalue weighted by molar-refractivity contribution is 8.12. The van der Waals surface area contributed by atoms with Gasteiger partial charge in [-0.15, -0.1) is 11.8 Å². The Kier molecular flexibility index (Phi) is 5.16. The van der Waals surface area contributed by atoms with Gasteiger partial charge in [0.2, 0.25) is 0 Å². The van der Waals surface area contributed by atoms with Gasteiger partial charge in [0.25, 0.3) is 0 Å². The molecule has 5 heteroatoms. The summed E-state index contributed by atoms with van der Waals surface area (Å²) in [5.41, 5.74) is 0.571. The van der Waals surface area contributed by atoms with Crippen molar-refractivity contribution >= 4 is 29.5 Å².